The standard InChI is InChI=1S/C24H21F2N3O2/c1-12-5-3-6-18-13(12)11-20(27-18)24(31)29(2)21-8-4-7-19-22(21)14-9-16(25)17(26)10-15(14)23(30)28-19/h3,5-6,9-11,21,27H,4,7-8H2,1-2H3,(H,28,30). The molecule has 1 amide bonds. The Bertz CT molecular complexity index is 1420. The fraction of sp³-hybridized carbons (Fsp3) is 0.250. The third kappa shape index (κ3) is 3.03. The van der Waals surface area contributed by atoms with Crippen LogP contribution in [0.3, 0.4) is 0 Å². The Labute approximate surface area is 176 Å². The quantitative estimate of drug-likeness (QED) is 0.491. The zero-order valence-corrected chi connectivity index (χ0v) is 17.2. The molecule has 0 fully saturated rings. The van der Waals surface area contributed by atoms with Crippen molar-refractivity contribution in [3.05, 3.63) is 80.9 Å². The molecule has 0 radical (unpaired) electrons. The molecule has 5 rings (SSSR count). The van der Waals surface area contributed by atoms with Gasteiger partial charge in [-0.1, -0.05) is 12.1 Å². The van der Waals surface area contributed by atoms with Crippen LogP contribution in [0.1, 0.15) is 46.2 Å². The number of aromatic nitrogens is 2. The molecule has 2 aromatic carbocycles. The van der Waals surface area contributed by atoms with Gasteiger partial charge in [0, 0.05) is 29.2 Å². The Balaban J connectivity index is 1.62. The minimum atomic E-state index is -1.07. The number of aryl methyl sites for hydroxylation is 2. The number of H-pyrrole nitrogens is 2. The number of hydrogen-bond donors (Lipinski definition) is 2. The monoisotopic (exact) mass is 421 g/mol. The maximum absolute atomic E-state index is 14.1. The lowest BCUT2D eigenvalue weighted by Gasteiger charge is -2.33. The van der Waals surface area contributed by atoms with Crippen molar-refractivity contribution >= 4 is 27.6 Å². The van der Waals surface area contributed by atoms with Crippen LogP contribution in [-0.4, -0.2) is 27.8 Å². The second kappa shape index (κ2) is 7.04. The van der Waals surface area contributed by atoms with Gasteiger partial charge in [-0.15, -0.1) is 0 Å². The highest BCUT2D eigenvalue weighted by atomic mass is 19.2. The maximum atomic E-state index is 14.1. The van der Waals surface area contributed by atoms with Gasteiger partial charge in [0.1, 0.15) is 5.69 Å². The van der Waals surface area contributed by atoms with Gasteiger partial charge < -0.3 is 14.9 Å². The van der Waals surface area contributed by atoms with E-state index in [0.29, 0.717) is 35.2 Å². The van der Waals surface area contributed by atoms with Gasteiger partial charge in [-0.25, -0.2) is 8.78 Å². The van der Waals surface area contributed by atoms with E-state index < -0.39 is 17.2 Å². The second-order valence-corrected chi connectivity index (χ2v) is 8.20. The highest BCUT2D eigenvalue weighted by Gasteiger charge is 2.31. The number of nitrogens with one attached hydrogen (secondary N) is 2. The van der Waals surface area contributed by atoms with Gasteiger partial charge in [0.05, 0.1) is 11.4 Å². The lowest BCUT2D eigenvalue weighted by atomic mass is 9.86. The molecular weight excluding hydrogens is 400 g/mol. The van der Waals surface area contributed by atoms with E-state index >= 15 is 0 Å². The predicted octanol–water partition coefficient (Wildman–Crippen LogP) is 4.75. The first-order chi connectivity index (χ1) is 14.8. The van der Waals surface area contributed by atoms with Gasteiger partial charge >= 0.3 is 0 Å². The Morgan fingerprint density at radius 3 is 2.55 bits per heavy atom. The molecule has 5 nitrogen and oxygen atoms in total. The van der Waals surface area contributed by atoms with E-state index in [-0.39, 0.29) is 17.3 Å². The first kappa shape index (κ1) is 19.5. The highest BCUT2D eigenvalue weighted by molar-refractivity contribution is 5.99. The number of pyridine rings is 1. The first-order valence-corrected chi connectivity index (χ1v) is 10.2. The van der Waals surface area contributed by atoms with Crippen molar-refractivity contribution in [2.24, 2.45) is 0 Å². The summed E-state index contributed by atoms with van der Waals surface area (Å²) in [6.07, 6.45) is 2.05. The number of fused-ring (bicyclic) bond motifs is 4. The molecule has 1 atom stereocenters. The van der Waals surface area contributed by atoms with E-state index in [1.54, 1.807) is 11.9 Å². The van der Waals surface area contributed by atoms with Crippen molar-refractivity contribution in [3.63, 3.8) is 0 Å². The molecule has 158 valence electrons. The fourth-order valence-corrected chi connectivity index (χ4v) is 4.73. The summed E-state index contributed by atoms with van der Waals surface area (Å²) in [5, 5.41) is 1.43. The zero-order valence-electron chi connectivity index (χ0n) is 17.2. The van der Waals surface area contributed by atoms with Crippen LogP contribution in [0, 0.1) is 18.6 Å². The molecule has 1 aliphatic carbocycles. The average Bonchev–Trinajstić information content (AvgIpc) is 3.19. The van der Waals surface area contributed by atoms with Crippen LogP contribution in [0.2, 0.25) is 0 Å². The predicted molar refractivity (Wildman–Crippen MR) is 115 cm³/mol. The molecule has 2 aromatic heterocycles. The number of carbonyl (C=O) groups is 1. The molecule has 0 aliphatic heterocycles. The summed E-state index contributed by atoms with van der Waals surface area (Å²) in [5.74, 6) is -2.27. The van der Waals surface area contributed by atoms with E-state index in [1.165, 1.54) is 0 Å². The number of amides is 1. The SMILES string of the molecule is Cc1cccc2[nH]c(C(=O)N(C)C3CCCc4[nH]c(=O)c5cc(F)c(F)cc5c43)cc12. The number of halogens is 2. The molecule has 2 heterocycles. The van der Waals surface area contributed by atoms with E-state index in [0.717, 1.165) is 35.0 Å². The van der Waals surface area contributed by atoms with Gasteiger partial charge in [-0.05, 0) is 61.4 Å². The van der Waals surface area contributed by atoms with E-state index in [1.807, 2.05) is 31.2 Å². The molecule has 0 saturated heterocycles. The molecule has 0 spiro atoms. The lowest BCUT2D eigenvalue weighted by Crippen LogP contribution is -2.34. The summed E-state index contributed by atoms with van der Waals surface area (Å²) in [4.78, 5) is 33.4. The summed E-state index contributed by atoms with van der Waals surface area (Å²) < 4.78 is 27.9. The summed E-state index contributed by atoms with van der Waals surface area (Å²) in [6, 6.07) is 9.31. The van der Waals surface area contributed by atoms with Crippen molar-refractivity contribution in [2.45, 2.75) is 32.2 Å². The molecular formula is C24H21F2N3O2. The molecule has 31 heavy (non-hydrogen) atoms. The molecule has 1 aliphatic rings. The van der Waals surface area contributed by atoms with Crippen LogP contribution < -0.4 is 5.56 Å². The van der Waals surface area contributed by atoms with Crippen LogP contribution in [0.5, 0.6) is 0 Å². The number of benzene rings is 2. The van der Waals surface area contributed by atoms with Crippen molar-refractivity contribution < 1.29 is 13.6 Å². The van der Waals surface area contributed by atoms with Crippen LogP contribution in [0.15, 0.2) is 41.2 Å². The van der Waals surface area contributed by atoms with Crippen LogP contribution in [0.25, 0.3) is 21.7 Å². The third-order valence-electron chi connectivity index (χ3n) is 6.32. The number of hydrogen-bond acceptors (Lipinski definition) is 2. The van der Waals surface area contributed by atoms with Crippen molar-refractivity contribution in [1.29, 1.82) is 0 Å². The van der Waals surface area contributed by atoms with Crippen LogP contribution in [0.4, 0.5) is 8.78 Å². The number of rotatable bonds is 2. The fourth-order valence-electron chi connectivity index (χ4n) is 4.73. The van der Waals surface area contributed by atoms with Crippen molar-refractivity contribution in [1.82, 2.24) is 14.9 Å². The van der Waals surface area contributed by atoms with E-state index in [9.17, 15) is 18.4 Å². The summed E-state index contributed by atoms with van der Waals surface area (Å²) in [5.41, 5.74) is 3.32. The summed E-state index contributed by atoms with van der Waals surface area (Å²) in [7, 11) is 1.71. The van der Waals surface area contributed by atoms with Crippen molar-refractivity contribution in [2.75, 3.05) is 7.05 Å². The number of carbonyl (C=O) groups excluding carboxylic acids is 1. The minimum Gasteiger partial charge on any atom is -0.351 e. The first-order valence-electron chi connectivity index (χ1n) is 10.2. The molecule has 2 N–H and O–H groups in total. The molecule has 1 unspecified atom stereocenters. The number of aromatic amines is 2. The normalized spacial score (nSPS) is 15.9. The lowest BCUT2D eigenvalue weighted by molar-refractivity contribution is 0.0711. The smallest absolute Gasteiger partial charge is 0.270 e. The number of nitrogens with zero attached hydrogens (tertiary/aromatic N) is 1. The van der Waals surface area contributed by atoms with Gasteiger partial charge in [0.2, 0.25) is 0 Å². The van der Waals surface area contributed by atoms with Gasteiger partial charge in [-0.3, -0.25) is 9.59 Å². The highest BCUT2D eigenvalue weighted by Crippen LogP contribution is 2.37. The Morgan fingerprint density at radius 2 is 1.81 bits per heavy atom. The van der Waals surface area contributed by atoms with Crippen LogP contribution in [-0.2, 0) is 6.42 Å². The molecule has 7 heteroatoms. The van der Waals surface area contributed by atoms with E-state index in [2.05, 4.69) is 9.97 Å². The summed E-state index contributed by atoms with van der Waals surface area (Å²) >= 11 is 0. The molecule has 0 bridgehead atoms. The Kier molecular flexibility index (Phi) is 4.43. The molecule has 0 saturated carbocycles. The van der Waals surface area contributed by atoms with Gasteiger partial charge in [0.25, 0.3) is 11.5 Å². The minimum absolute atomic E-state index is 0.0895. The maximum Gasteiger partial charge on any atom is 0.270 e. The Morgan fingerprint density at radius 1 is 1.06 bits per heavy atom. The van der Waals surface area contributed by atoms with Gasteiger partial charge in [-0.2, -0.15) is 0 Å². The zero-order chi connectivity index (χ0) is 21.9. The van der Waals surface area contributed by atoms with Crippen LogP contribution >= 0.6 is 0 Å². The van der Waals surface area contributed by atoms with Gasteiger partial charge in [0.15, 0.2) is 11.6 Å². The van der Waals surface area contributed by atoms with Crippen molar-refractivity contribution in [3.8, 4) is 0 Å². The largest absolute Gasteiger partial charge is 0.351 e. The third-order valence-corrected chi connectivity index (χ3v) is 6.32. The summed E-state index contributed by atoms with van der Waals surface area (Å²) in [6.45, 7) is 1.99. The topological polar surface area (TPSA) is 69.0 Å². The second-order valence-electron chi connectivity index (χ2n) is 8.20. The Hall–Kier alpha value is -3.48. The molecule has 4 aromatic rings. The van der Waals surface area contributed by atoms with E-state index in [4.69, 9.17) is 0 Å². The average molecular weight is 421 g/mol.